The van der Waals surface area contributed by atoms with Crippen LogP contribution in [-0.2, 0) is 6.42 Å². The van der Waals surface area contributed by atoms with Crippen molar-refractivity contribution in [2.45, 2.75) is 26.3 Å². The highest BCUT2D eigenvalue weighted by atomic mass is 79.9. The zero-order valence-electron chi connectivity index (χ0n) is 11.0. The molecule has 2 rings (SSSR count). The summed E-state index contributed by atoms with van der Waals surface area (Å²) in [4.78, 5) is 1.30. The number of rotatable bonds is 5. The smallest absolute Gasteiger partial charge is 0.123 e. The van der Waals surface area contributed by atoms with Gasteiger partial charge >= 0.3 is 0 Å². The van der Waals surface area contributed by atoms with Gasteiger partial charge in [0.1, 0.15) is 5.82 Å². The average Bonchev–Trinajstić information content (AvgIpc) is 2.78. The first-order valence-electron chi connectivity index (χ1n) is 6.33. The van der Waals surface area contributed by atoms with Crippen molar-refractivity contribution in [3.8, 4) is 0 Å². The van der Waals surface area contributed by atoms with E-state index in [1.54, 1.807) is 17.4 Å². The van der Waals surface area contributed by atoms with Gasteiger partial charge in [-0.2, -0.15) is 0 Å². The third kappa shape index (κ3) is 3.65. The molecule has 4 heteroatoms. The molecule has 1 aromatic heterocycles. The van der Waals surface area contributed by atoms with Gasteiger partial charge in [-0.3, -0.25) is 0 Å². The summed E-state index contributed by atoms with van der Waals surface area (Å²) >= 11 is 5.33. The highest BCUT2D eigenvalue weighted by molar-refractivity contribution is 9.10. The van der Waals surface area contributed by atoms with Gasteiger partial charge in [0.25, 0.3) is 0 Å². The Kier molecular flexibility index (Phi) is 5.13. The first-order valence-corrected chi connectivity index (χ1v) is 8.00. The summed E-state index contributed by atoms with van der Waals surface area (Å²) in [5.74, 6) is -0.168. The second-order valence-corrected chi connectivity index (χ2v) is 6.32. The Morgan fingerprint density at radius 1 is 1.37 bits per heavy atom. The molecule has 0 fully saturated rings. The van der Waals surface area contributed by atoms with Crippen LogP contribution in [0.5, 0.6) is 0 Å². The Morgan fingerprint density at radius 2 is 2.16 bits per heavy atom. The molecule has 0 aliphatic heterocycles. The largest absolute Gasteiger partial charge is 0.309 e. The molecule has 1 N–H and O–H groups in total. The topological polar surface area (TPSA) is 12.0 Å². The first-order chi connectivity index (χ1) is 9.11. The van der Waals surface area contributed by atoms with Crippen molar-refractivity contribution in [2.75, 3.05) is 6.54 Å². The predicted molar refractivity (Wildman–Crippen MR) is 83.3 cm³/mol. The summed E-state index contributed by atoms with van der Waals surface area (Å²) in [5, 5.41) is 5.59. The zero-order chi connectivity index (χ0) is 13.8. The van der Waals surface area contributed by atoms with E-state index in [1.807, 2.05) is 13.0 Å². The molecular weight excluding hydrogens is 325 g/mol. The van der Waals surface area contributed by atoms with E-state index in [9.17, 15) is 4.39 Å². The lowest BCUT2D eigenvalue weighted by molar-refractivity contribution is 0.554. The Bertz CT molecular complexity index is 553. The van der Waals surface area contributed by atoms with Crippen LogP contribution in [0.3, 0.4) is 0 Å². The second-order valence-electron chi connectivity index (χ2n) is 4.52. The molecule has 1 atom stereocenters. The minimum absolute atomic E-state index is 0.168. The maximum Gasteiger partial charge on any atom is 0.123 e. The van der Waals surface area contributed by atoms with Crippen molar-refractivity contribution in [1.82, 2.24) is 5.32 Å². The summed E-state index contributed by atoms with van der Waals surface area (Å²) in [6.07, 6.45) is 0.874. The fourth-order valence-electron chi connectivity index (χ4n) is 2.17. The van der Waals surface area contributed by atoms with Crippen LogP contribution in [0.1, 0.15) is 29.0 Å². The lowest BCUT2D eigenvalue weighted by Crippen LogP contribution is -2.22. The van der Waals surface area contributed by atoms with E-state index in [1.165, 1.54) is 16.5 Å². The lowest BCUT2D eigenvalue weighted by atomic mass is 10.00. The lowest BCUT2D eigenvalue weighted by Gasteiger charge is -2.18. The van der Waals surface area contributed by atoms with E-state index < -0.39 is 0 Å². The Labute approximate surface area is 126 Å². The molecule has 0 aliphatic rings. The average molecular weight is 342 g/mol. The molecule has 0 saturated carbocycles. The minimum Gasteiger partial charge on any atom is -0.309 e. The highest BCUT2D eigenvalue weighted by Crippen LogP contribution is 2.31. The van der Waals surface area contributed by atoms with Gasteiger partial charge in [0, 0.05) is 15.4 Å². The van der Waals surface area contributed by atoms with Gasteiger partial charge in [-0.15, -0.1) is 11.3 Å². The van der Waals surface area contributed by atoms with Gasteiger partial charge in [0.15, 0.2) is 0 Å². The maximum absolute atomic E-state index is 13.1. The summed E-state index contributed by atoms with van der Waals surface area (Å²) in [6, 6.07) is 7.36. The Hall–Kier alpha value is -0.710. The number of thiophene rings is 1. The molecule has 1 aromatic carbocycles. The normalized spacial score (nSPS) is 12.6. The number of likely N-dealkylation sites (N-methyl/N-ethyl adjacent to an activating group) is 1. The van der Waals surface area contributed by atoms with E-state index in [2.05, 4.69) is 39.6 Å². The molecule has 0 saturated heterocycles. The van der Waals surface area contributed by atoms with Crippen LogP contribution >= 0.6 is 27.3 Å². The molecule has 0 spiro atoms. The summed E-state index contributed by atoms with van der Waals surface area (Å²) in [7, 11) is 0. The number of hydrogen-bond donors (Lipinski definition) is 1. The van der Waals surface area contributed by atoms with Crippen LogP contribution in [0.25, 0.3) is 0 Å². The highest BCUT2D eigenvalue weighted by Gasteiger charge is 2.16. The molecule has 1 heterocycles. The molecule has 0 aliphatic carbocycles. The molecule has 1 nitrogen and oxygen atoms in total. The Morgan fingerprint density at radius 3 is 2.74 bits per heavy atom. The van der Waals surface area contributed by atoms with E-state index in [0.29, 0.717) is 0 Å². The van der Waals surface area contributed by atoms with Gasteiger partial charge in [0.2, 0.25) is 0 Å². The number of halogens is 2. The van der Waals surface area contributed by atoms with Crippen molar-refractivity contribution in [3.63, 3.8) is 0 Å². The van der Waals surface area contributed by atoms with Gasteiger partial charge in [-0.05, 0) is 70.5 Å². The molecule has 0 amide bonds. The molecule has 102 valence electrons. The van der Waals surface area contributed by atoms with E-state index >= 15 is 0 Å². The van der Waals surface area contributed by atoms with Crippen LogP contribution < -0.4 is 5.32 Å². The van der Waals surface area contributed by atoms with Gasteiger partial charge < -0.3 is 5.32 Å². The number of benzene rings is 1. The second kappa shape index (κ2) is 6.64. The standard InChI is InChI=1S/C15H17BrFNS/c1-3-18-14(15-13(16)6-7-19-15)9-11-4-5-12(17)8-10(11)2/h4-8,14,18H,3,9H2,1-2H3. The molecular formula is C15H17BrFNS. The van der Waals surface area contributed by atoms with E-state index in [0.717, 1.165) is 23.0 Å². The molecule has 0 radical (unpaired) electrons. The van der Waals surface area contributed by atoms with Crippen molar-refractivity contribution < 1.29 is 4.39 Å². The molecule has 0 bridgehead atoms. The van der Waals surface area contributed by atoms with Crippen LogP contribution in [0.2, 0.25) is 0 Å². The predicted octanol–water partition coefficient (Wildman–Crippen LogP) is 4.85. The molecule has 1 unspecified atom stereocenters. The van der Waals surface area contributed by atoms with Crippen LogP contribution in [-0.4, -0.2) is 6.54 Å². The minimum atomic E-state index is -0.168. The fraction of sp³-hybridized carbons (Fsp3) is 0.333. The summed E-state index contributed by atoms with van der Waals surface area (Å²) in [5.41, 5.74) is 2.20. The summed E-state index contributed by atoms with van der Waals surface area (Å²) < 4.78 is 14.3. The number of nitrogens with one attached hydrogen (secondary N) is 1. The zero-order valence-corrected chi connectivity index (χ0v) is 13.4. The van der Waals surface area contributed by atoms with Crippen LogP contribution in [0.4, 0.5) is 4.39 Å². The third-order valence-corrected chi connectivity index (χ3v) is 5.12. The van der Waals surface area contributed by atoms with Gasteiger partial charge in [-0.25, -0.2) is 4.39 Å². The van der Waals surface area contributed by atoms with Crippen LogP contribution in [0.15, 0.2) is 34.1 Å². The Balaban J connectivity index is 2.24. The van der Waals surface area contributed by atoms with Crippen LogP contribution in [0, 0.1) is 12.7 Å². The first kappa shape index (κ1) is 14.7. The molecule has 2 aromatic rings. The van der Waals surface area contributed by atoms with Crippen molar-refractivity contribution in [1.29, 1.82) is 0 Å². The van der Waals surface area contributed by atoms with Crippen molar-refractivity contribution in [2.24, 2.45) is 0 Å². The van der Waals surface area contributed by atoms with Gasteiger partial charge in [-0.1, -0.05) is 13.0 Å². The number of aryl methyl sites for hydroxylation is 1. The maximum atomic E-state index is 13.1. The van der Waals surface area contributed by atoms with E-state index in [4.69, 9.17) is 0 Å². The van der Waals surface area contributed by atoms with E-state index in [-0.39, 0.29) is 11.9 Å². The monoisotopic (exact) mass is 341 g/mol. The van der Waals surface area contributed by atoms with Crippen molar-refractivity contribution >= 4 is 27.3 Å². The third-order valence-electron chi connectivity index (χ3n) is 3.14. The summed E-state index contributed by atoms with van der Waals surface area (Å²) in [6.45, 7) is 4.98. The number of hydrogen-bond acceptors (Lipinski definition) is 2. The fourth-order valence-corrected chi connectivity index (χ4v) is 3.89. The SMILES string of the molecule is CCNC(Cc1ccc(F)cc1C)c1sccc1Br. The van der Waals surface area contributed by atoms with Gasteiger partial charge in [0.05, 0.1) is 0 Å². The molecule has 19 heavy (non-hydrogen) atoms. The van der Waals surface area contributed by atoms with Crippen molar-refractivity contribution in [3.05, 3.63) is 55.9 Å². The quantitative estimate of drug-likeness (QED) is 0.819.